The van der Waals surface area contributed by atoms with Gasteiger partial charge in [-0.2, -0.15) is 0 Å². The summed E-state index contributed by atoms with van der Waals surface area (Å²) in [4.78, 5) is 0. The van der Waals surface area contributed by atoms with Crippen molar-refractivity contribution in [3.63, 3.8) is 0 Å². The lowest BCUT2D eigenvalue weighted by molar-refractivity contribution is 0.418. The van der Waals surface area contributed by atoms with Crippen molar-refractivity contribution in [2.45, 2.75) is 19.3 Å². The molecule has 0 atom stereocenters. The first-order valence-electron chi connectivity index (χ1n) is 14.6. The van der Waals surface area contributed by atoms with Gasteiger partial charge in [-0.1, -0.05) is 147 Å². The smallest absolute Gasteiger partial charge is 0.132 e. The Bertz CT molecular complexity index is 2120. The third-order valence-corrected chi connectivity index (χ3v) is 8.94. The van der Waals surface area contributed by atoms with Gasteiger partial charge in [0, 0.05) is 16.5 Å². The van der Waals surface area contributed by atoms with Gasteiger partial charge in [-0.3, -0.25) is 0 Å². The van der Waals surface area contributed by atoms with Crippen LogP contribution in [0.1, 0.15) is 25.0 Å². The van der Waals surface area contributed by atoms with Crippen LogP contribution in [0.5, 0.6) is 11.5 Å². The molecule has 7 aromatic carbocycles. The summed E-state index contributed by atoms with van der Waals surface area (Å²) in [5.74, 6) is 1.88. The molecule has 0 amide bonds. The van der Waals surface area contributed by atoms with Gasteiger partial charge >= 0.3 is 0 Å². The predicted molar refractivity (Wildman–Crippen MR) is 176 cm³/mol. The highest BCUT2D eigenvalue weighted by Crippen LogP contribution is 2.49. The van der Waals surface area contributed by atoms with E-state index in [0.717, 1.165) is 17.1 Å². The van der Waals surface area contributed by atoms with Crippen LogP contribution in [0.4, 0.5) is 0 Å². The highest BCUT2D eigenvalue weighted by molar-refractivity contribution is 6.21. The van der Waals surface area contributed by atoms with Crippen molar-refractivity contribution in [1.82, 2.24) is 0 Å². The highest BCUT2D eigenvalue weighted by atomic mass is 16.5. The lowest BCUT2D eigenvalue weighted by atomic mass is 9.75. The summed E-state index contributed by atoms with van der Waals surface area (Å²) in [7, 11) is 0. The normalized spacial score (nSPS) is 13.4. The Labute approximate surface area is 246 Å². The first kappa shape index (κ1) is 24.6. The highest BCUT2D eigenvalue weighted by Gasteiger charge is 2.34. The molecule has 1 nitrogen and oxygen atoms in total. The molecule has 0 saturated heterocycles. The van der Waals surface area contributed by atoms with Gasteiger partial charge in [0.1, 0.15) is 11.5 Å². The quantitative estimate of drug-likeness (QED) is 0.203. The van der Waals surface area contributed by atoms with E-state index < -0.39 is 0 Å². The second kappa shape index (κ2) is 9.46. The summed E-state index contributed by atoms with van der Waals surface area (Å²) in [6.07, 6.45) is 0. The van der Waals surface area contributed by atoms with Gasteiger partial charge in [-0.25, -0.2) is 0 Å². The standard InChI is InChI=1S/C41H30O/c1-41(2)35-18-10-11-19-37(35)42-38-26-30(24-25-36(38)41)27-20-22-29(23-21-27)40-34-17-9-7-15-32(34)31-14-6-8-16-33(31)39(40)28-12-4-3-5-13-28/h3-26H,1-2H3. The average molecular weight is 539 g/mol. The van der Waals surface area contributed by atoms with Gasteiger partial charge < -0.3 is 4.74 Å². The minimum absolute atomic E-state index is 0.114. The van der Waals surface area contributed by atoms with Crippen molar-refractivity contribution in [2.24, 2.45) is 0 Å². The predicted octanol–water partition coefficient (Wildman–Crippen LogP) is 11.4. The Balaban J connectivity index is 1.28. The van der Waals surface area contributed by atoms with Crippen LogP contribution in [0, 0.1) is 0 Å². The molecule has 0 bridgehead atoms. The molecule has 1 heterocycles. The first-order valence-corrected chi connectivity index (χ1v) is 14.6. The summed E-state index contributed by atoms with van der Waals surface area (Å²) in [5, 5.41) is 5.11. The molecule has 0 spiro atoms. The maximum atomic E-state index is 6.42. The molecule has 7 aromatic rings. The van der Waals surface area contributed by atoms with E-state index in [2.05, 4.69) is 153 Å². The molecule has 0 radical (unpaired) electrons. The Hall–Kier alpha value is -5.14. The molecular formula is C41H30O. The van der Waals surface area contributed by atoms with E-state index in [0.29, 0.717) is 0 Å². The minimum atomic E-state index is -0.114. The lowest BCUT2D eigenvalue weighted by Gasteiger charge is -2.34. The Morgan fingerprint density at radius 3 is 1.52 bits per heavy atom. The number of hydrogen-bond acceptors (Lipinski definition) is 1. The van der Waals surface area contributed by atoms with Gasteiger partial charge in [-0.15, -0.1) is 0 Å². The third kappa shape index (κ3) is 3.78. The molecule has 0 aromatic heterocycles. The third-order valence-electron chi connectivity index (χ3n) is 8.94. The molecule has 0 unspecified atom stereocenters. The fourth-order valence-corrected chi connectivity index (χ4v) is 6.81. The van der Waals surface area contributed by atoms with Gasteiger partial charge in [0.25, 0.3) is 0 Å². The van der Waals surface area contributed by atoms with Gasteiger partial charge in [0.15, 0.2) is 0 Å². The molecular weight excluding hydrogens is 508 g/mol. The van der Waals surface area contributed by atoms with Crippen molar-refractivity contribution < 1.29 is 4.74 Å². The second-order valence-electron chi connectivity index (χ2n) is 11.7. The van der Waals surface area contributed by atoms with E-state index in [1.165, 1.54) is 60.5 Å². The number of rotatable bonds is 3. The van der Waals surface area contributed by atoms with Crippen molar-refractivity contribution in [3.8, 4) is 44.9 Å². The summed E-state index contributed by atoms with van der Waals surface area (Å²) >= 11 is 0. The Morgan fingerprint density at radius 1 is 0.381 bits per heavy atom. The summed E-state index contributed by atoms with van der Waals surface area (Å²) in [6.45, 7) is 4.56. The second-order valence-corrected chi connectivity index (χ2v) is 11.7. The molecule has 1 aliphatic rings. The van der Waals surface area contributed by atoms with Crippen molar-refractivity contribution in [1.29, 1.82) is 0 Å². The van der Waals surface area contributed by atoms with Crippen LogP contribution in [-0.2, 0) is 5.41 Å². The van der Waals surface area contributed by atoms with Crippen molar-refractivity contribution >= 4 is 21.5 Å². The monoisotopic (exact) mass is 538 g/mol. The average Bonchev–Trinajstić information content (AvgIpc) is 3.04. The van der Waals surface area contributed by atoms with E-state index in [4.69, 9.17) is 4.74 Å². The Kier molecular flexibility index (Phi) is 5.55. The van der Waals surface area contributed by atoms with E-state index >= 15 is 0 Å². The van der Waals surface area contributed by atoms with Crippen LogP contribution in [0.15, 0.2) is 146 Å². The topological polar surface area (TPSA) is 9.23 Å². The van der Waals surface area contributed by atoms with E-state index in [9.17, 15) is 0 Å². The number of para-hydroxylation sites is 1. The van der Waals surface area contributed by atoms with Crippen LogP contribution < -0.4 is 4.74 Å². The Morgan fingerprint density at radius 2 is 0.857 bits per heavy atom. The van der Waals surface area contributed by atoms with E-state index in [1.807, 2.05) is 6.07 Å². The van der Waals surface area contributed by atoms with E-state index in [1.54, 1.807) is 0 Å². The summed E-state index contributed by atoms with van der Waals surface area (Å²) in [6, 6.07) is 52.5. The maximum Gasteiger partial charge on any atom is 0.132 e. The van der Waals surface area contributed by atoms with Crippen molar-refractivity contribution in [3.05, 3.63) is 157 Å². The van der Waals surface area contributed by atoms with Gasteiger partial charge in [0.05, 0.1) is 0 Å². The molecule has 1 aliphatic heterocycles. The zero-order valence-corrected chi connectivity index (χ0v) is 23.8. The summed E-state index contributed by atoms with van der Waals surface area (Å²) < 4.78 is 6.42. The number of fused-ring (bicyclic) bond motifs is 5. The fraction of sp³-hybridized carbons (Fsp3) is 0.0732. The van der Waals surface area contributed by atoms with E-state index in [-0.39, 0.29) is 5.41 Å². The zero-order chi connectivity index (χ0) is 28.3. The number of benzene rings is 7. The zero-order valence-electron chi connectivity index (χ0n) is 23.8. The van der Waals surface area contributed by atoms with Crippen LogP contribution in [0.2, 0.25) is 0 Å². The largest absolute Gasteiger partial charge is 0.457 e. The van der Waals surface area contributed by atoms with Crippen LogP contribution in [0.3, 0.4) is 0 Å². The lowest BCUT2D eigenvalue weighted by Crippen LogP contribution is -2.24. The van der Waals surface area contributed by atoms with Crippen LogP contribution in [0.25, 0.3) is 54.9 Å². The molecule has 1 heteroatoms. The first-order chi connectivity index (χ1) is 20.6. The maximum absolute atomic E-state index is 6.42. The SMILES string of the molecule is CC1(C)c2ccccc2Oc2cc(-c3ccc(-c4c(-c5ccccc5)c5ccccc5c5ccccc45)cc3)ccc21. The van der Waals surface area contributed by atoms with Crippen LogP contribution in [-0.4, -0.2) is 0 Å². The molecule has 200 valence electrons. The van der Waals surface area contributed by atoms with Crippen molar-refractivity contribution in [2.75, 3.05) is 0 Å². The van der Waals surface area contributed by atoms with Gasteiger partial charge in [0.2, 0.25) is 0 Å². The molecule has 0 aliphatic carbocycles. The molecule has 0 fully saturated rings. The molecule has 0 saturated carbocycles. The molecule has 8 rings (SSSR count). The molecule has 42 heavy (non-hydrogen) atoms. The molecule has 0 N–H and O–H groups in total. The van der Waals surface area contributed by atoms with Crippen LogP contribution >= 0.6 is 0 Å². The number of hydrogen-bond donors (Lipinski definition) is 0. The van der Waals surface area contributed by atoms with Gasteiger partial charge in [-0.05, 0) is 67.1 Å². The number of ether oxygens (including phenoxy) is 1. The summed E-state index contributed by atoms with van der Waals surface area (Å²) in [5.41, 5.74) is 9.66. The fourth-order valence-electron chi connectivity index (χ4n) is 6.81. The minimum Gasteiger partial charge on any atom is -0.457 e.